The molecule has 6 nitrogen and oxygen atoms in total. The van der Waals surface area contributed by atoms with Gasteiger partial charge in [-0.05, 0) is 53.8 Å². The number of hydrazone groups is 1. The molecule has 0 aliphatic heterocycles. The SMILES string of the molecule is Cc1ccc(CN(CC(=O)N/N=C\c2ccc(C(C)C)cc2)S(=O)(=O)c2ccc(Cl)cc2)cc1. The molecule has 34 heavy (non-hydrogen) atoms. The van der Waals surface area contributed by atoms with Gasteiger partial charge < -0.3 is 0 Å². The van der Waals surface area contributed by atoms with Crippen molar-refractivity contribution in [1.82, 2.24) is 9.73 Å². The average Bonchev–Trinajstić information content (AvgIpc) is 2.80. The zero-order valence-electron chi connectivity index (χ0n) is 19.4. The van der Waals surface area contributed by atoms with Crippen LogP contribution in [0.4, 0.5) is 0 Å². The second-order valence-corrected chi connectivity index (χ2v) is 10.7. The van der Waals surface area contributed by atoms with Crippen LogP contribution in [0.2, 0.25) is 5.02 Å². The number of amides is 1. The first-order valence-corrected chi connectivity index (χ1v) is 12.7. The van der Waals surface area contributed by atoms with Gasteiger partial charge in [0.2, 0.25) is 10.0 Å². The molecule has 0 saturated heterocycles. The van der Waals surface area contributed by atoms with Crippen LogP contribution in [0.1, 0.15) is 42.0 Å². The van der Waals surface area contributed by atoms with Crippen LogP contribution in [0, 0.1) is 6.92 Å². The Labute approximate surface area is 206 Å². The predicted octanol–water partition coefficient (Wildman–Crippen LogP) is 5.11. The van der Waals surface area contributed by atoms with Gasteiger partial charge in [0.25, 0.3) is 5.91 Å². The highest BCUT2D eigenvalue weighted by atomic mass is 35.5. The number of nitrogens with zero attached hydrogens (tertiary/aromatic N) is 2. The van der Waals surface area contributed by atoms with Gasteiger partial charge >= 0.3 is 0 Å². The van der Waals surface area contributed by atoms with Gasteiger partial charge in [0.15, 0.2) is 0 Å². The van der Waals surface area contributed by atoms with Crippen molar-refractivity contribution in [3.8, 4) is 0 Å². The van der Waals surface area contributed by atoms with Gasteiger partial charge in [-0.25, -0.2) is 13.8 Å². The summed E-state index contributed by atoms with van der Waals surface area (Å²) in [4.78, 5) is 12.7. The molecule has 0 radical (unpaired) electrons. The third-order valence-corrected chi connectivity index (χ3v) is 7.31. The number of rotatable bonds is 9. The molecule has 0 aliphatic rings. The summed E-state index contributed by atoms with van der Waals surface area (Å²) in [6, 6.07) is 21.2. The number of hydrogen-bond acceptors (Lipinski definition) is 4. The molecule has 0 atom stereocenters. The Morgan fingerprint density at radius 3 is 2.21 bits per heavy atom. The normalized spacial score (nSPS) is 11.9. The van der Waals surface area contributed by atoms with Crippen LogP contribution < -0.4 is 5.43 Å². The number of carbonyl (C=O) groups is 1. The molecule has 3 rings (SSSR count). The number of benzene rings is 3. The Kier molecular flexibility index (Phi) is 8.61. The van der Waals surface area contributed by atoms with Crippen molar-refractivity contribution in [3.05, 3.63) is 100 Å². The lowest BCUT2D eigenvalue weighted by Crippen LogP contribution is -2.39. The van der Waals surface area contributed by atoms with Crippen molar-refractivity contribution in [2.24, 2.45) is 5.10 Å². The van der Waals surface area contributed by atoms with E-state index in [1.54, 1.807) is 0 Å². The van der Waals surface area contributed by atoms with Crippen LogP contribution in [-0.2, 0) is 21.4 Å². The molecule has 178 valence electrons. The lowest BCUT2D eigenvalue weighted by Gasteiger charge is -2.21. The van der Waals surface area contributed by atoms with Crippen molar-refractivity contribution < 1.29 is 13.2 Å². The summed E-state index contributed by atoms with van der Waals surface area (Å²) in [5, 5.41) is 4.42. The number of hydrogen-bond donors (Lipinski definition) is 1. The van der Waals surface area contributed by atoms with E-state index in [-0.39, 0.29) is 18.0 Å². The minimum Gasteiger partial charge on any atom is -0.272 e. The van der Waals surface area contributed by atoms with Crippen LogP contribution in [0.25, 0.3) is 0 Å². The van der Waals surface area contributed by atoms with Gasteiger partial charge in [0, 0.05) is 11.6 Å². The van der Waals surface area contributed by atoms with Gasteiger partial charge in [-0.3, -0.25) is 4.79 Å². The first-order chi connectivity index (χ1) is 16.1. The molecular weight excluding hydrogens is 470 g/mol. The molecule has 1 amide bonds. The highest BCUT2D eigenvalue weighted by Crippen LogP contribution is 2.21. The van der Waals surface area contributed by atoms with Crippen LogP contribution in [0.15, 0.2) is 82.8 Å². The van der Waals surface area contributed by atoms with Gasteiger partial charge in [0.1, 0.15) is 0 Å². The summed E-state index contributed by atoms with van der Waals surface area (Å²) < 4.78 is 27.7. The quantitative estimate of drug-likeness (QED) is 0.329. The van der Waals surface area contributed by atoms with E-state index in [2.05, 4.69) is 24.4 Å². The van der Waals surface area contributed by atoms with Crippen molar-refractivity contribution in [2.45, 2.75) is 38.1 Å². The summed E-state index contributed by atoms with van der Waals surface area (Å²) in [6.45, 7) is 5.84. The van der Waals surface area contributed by atoms with Crippen molar-refractivity contribution in [1.29, 1.82) is 0 Å². The van der Waals surface area contributed by atoms with Crippen molar-refractivity contribution in [2.75, 3.05) is 6.54 Å². The average molecular weight is 498 g/mol. The molecule has 3 aromatic carbocycles. The Morgan fingerprint density at radius 1 is 1.00 bits per heavy atom. The first kappa shape index (κ1) is 25.6. The second kappa shape index (κ2) is 11.4. The maximum atomic E-state index is 13.3. The molecule has 3 aromatic rings. The fraction of sp³-hybridized carbons (Fsp3) is 0.231. The predicted molar refractivity (Wildman–Crippen MR) is 136 cm³/mol. The summed E-state index contributed by atoms with van der Waals surface area (Å²) >= 11 is 5.91. The molecule has 0 unspecified atom stereocenters. The molecule has 0 fully saturated rings. The van der Waals surface area contributed by atoms with Crippen LogP contribution in [-0.4, -0.2) is 31.4 Å². The Morgan fingerprint density at radius 2 is 1.62 bits per heavy atom. The van der Waals surface area contributed by atoms with Crippen molar-refractivity contribution in [3.63, 3.8) is 0 Å². The Bertz CT molecular complexity index is 1240. The van der Waals surface area contributed by atoms with Crippen LogP contribution >= 0.6 is 11.6 Å². The van der Waals surface area contributed by atoms with Crippen molar-refractivity contribution >= 4 is 33.7 Å². The molecule has 1 N–H and O–H groups in total. The molecular formula is C26H28ClN3O3S. The number of carbonyl (C=O) groups excluding carboxylic acids is 1. The van der Waals surface area contributed by atoms with E-state index >= 15 is 0 Å². The second-order valence-electron chi connectivity index (χ2n) is 8.33. The minimum absolute atomic E-state index is 0.0407. The molecule has 0 bridgehead atoms. The van der Waals surface area contributed by atoms with E-state index in [1.165, 1.54) is 36.0 Å². The molecule has 8 heteroatoms. The summed E-state index contributed by atoms with van der Waals surface area (Å²) in [5.41, 5.74) is 6.30. The first-order valence-electron chi connectivity index (χ1n) is 10.9. The van der Waals surface area contributed by atoms with E-state index in [0.717, 1.165) is 21.0 Å². The van der Waals surface area contributed by atoms with E-state index in [4.69, 9.17) is 11.6 Å². The van der Waals surface area contributed by atoms with E-state index in [0.29, 0.717) is 10.9 Å². The monoisotopic (exact) mass is 497 g/mol. The summed E-state index contributed by atoms with van der Waals surface area (Å²) in [6.07, 6.45) is 1.53. The zero-order chi connectivity index (χ0) is 24.7. The fourth-order valence-electron chi connectivity index (χ4n) is 3.22. The molecule has 0 heterocycles. The number of nitrogens with one attached hydrogen (secondary N) is 1. The standard InChI is InChI=1S/C26H28ClN3O3S/c1-19(2)23-10-8-21(9-11-23)16-28-29-26(31)18-30(17-22-6-4-20(3)5-7-22)34(32,33)25-14-12-24(27)13-15-25/h4-16,19H,17-18H2,1-3H3,(H,29,31)/b28-16-. The number of sulfonamides is 1. The highest BCUT2D eigenvalue weighted by Gasteiger charge is 2.27. The smallest absolute Gasteiger partial charge is 0.255 e. The van der Waals surface area contributed by atoms with Gasteiger partial charge in [-0.15, -0.1) is 0 Å². The minimum atomic E-state index is -3.95. The number of aryl methyl sites for hydroxylation is 1. The van der Waals surface area contributed by atoms with Gasteiger partial charge in [-0.2, -0.15) is 9.41 Å². The van der Waals surface area contributed by atoms with E-state index in [1.807, 2.05) is 55.5 Å². The van der Waals surface area contributed by atoms with E-state index in [9.17, 15) is 13.2 Å². The van der Waals surface area contributed by atoms with Gasteiger partial charge in [0.05, 0.1) is 17.7 Å². The molecule has 0 spiro atoms. The van der Waals surface area contributed by atoms with Crippen LogP contribution in [0.5, 0.6) is 0 Å². The zero-order valence-corrected chi connectivity index (χ0v) is 21.0. The third-order valence-electron chi connectivity index (χ3n) is 5.26. The topological polar surface area (TPSA) is 78.8 Å². The largest absolute Gasteiger partial charge is 0.272 e. The summed E-state index contributed by atoms with van der Waals surface area (Å²) in [7, 11) is -3.95. The lowest BCUT2D eigenvalue weighted by atomic mass is 10.0. The maximum absolute atomic E-state index is 13.3. The Hall–Kier alpha value is -3.00. The van der Waals surface area contributed by atoms with Gasteiger partial charge in [-0.1, -0.05) is 79.5 Å². The third kappa shape index (κ3) is 7.00. The lowest BCUT2D eigenvalue weighted by molar-refractivity contribution is -0.121. The fourth-order valence-corrected chi connectivity index (χ4v) is 4.73. The molecule has 0 aliphatic carbocycles. The van der Waals surface area contributed by atoms with E-state index < -0.39 is 15.9 Å². The maximum Gasteiger partial charge on any atom is 0.255 e. The molecule has 0 saturated carbocycles. The summed E-state index contributed by atoms with van der Waals surface area (Å²) in [5.74, 6) is -0.118. The molecule has 0 aromatic heterocycles. The Balaban J connectivity index is 1.75. The highest BCUT2D eigenvalue weighted by molar-refractivity contribution is 7.89. The number of halogens is 1. The van der Waals surface area contributed by atoms with Crippen LogP contribution in [0.3, 0.4) is 0 Å².